The number of aromatic nitrogens is 1. The Kier molecular flexibility index (Phi) is 2.95. The van der Waals surface area contributed by atoms with Gasteiger partial charge in [0.25, 0.3) is 0 Å². The van der Waals surface area contributed by atoms with Crippen molar-refractivity contribution in [2.24, 2.45) is 5.92 Å². The van der Waals surface area contributed by atoms with Crippen molar-refractivity contribution in [2.75, 3.05) is 6.61 Å². The molecule has 2 unspecified atom stereocenters. The molecule has 3 heteroatoms. The summed E-state index contributed by atoms with van der Waals surface area (Å²) in [6.45, 7) is 0.736. The smallest absolute Gasteiger partial charge is 0.0990 e. The number of hydrogen-bond acceptors (Lipinski definition) is 3. The van der Waals surface area contributed by atoms with Crippen LogP contribution in [0.15, 0.2) is 36.5 Å². The molecule has 90 valence electrons. The van der Waals surface area contributed by atoms with Crippen LogP contribution in [0.3, 0.4) is 0 Å². The molecule has 2 aromatic rings. The Labute approximate surface area is 106 Å². The summed E-state index contributed by atoms with van der Waals surface area (Å²) in [5.74, 6) is -0.0513. The zero-order chi connectivity index (χ0) is 12.4. The second kappa shape index (κ2) is 4.75. The lowest BCUT2D eigenvalue weighted by molar-refractivity contribution is -0.00927. The number of fused-ring (bicyclic) bond motifs is 1. The van der Waals surface area contributed by atoms with E-state index in [0.717, 1.165) is 35.9 Å². The van der Waals surface area contributed by atoms with Gasteiger partial charge < -0.3 is 4.74 Å². The van der Waals surface area contributed by atoms with Gasteiger partial charge in [0.1, 0.15) is 0 Å². The molecule has 0 spiro atoms. The maximum Gasteiger partial charge on any atom is 0.0990 e. The van der Waals surface area contributed by atoms with E-state index in [-0.39, 0.29) is 12.0 Å². The van der Waals surface area contributed by atoms with Crippen molar-refractivity contribution in [3.05, 3.63) is 42.1 Å². The van der Waals surface area contributed by atoms with E-state index in [4.69, 9.17) is 4.74 Å². The average molecular weight is 238 g/mol. The highest BCUT2D eigenvalue weighted by atomic mass is 16.5. The fraction of sp³-hybridized carbons (Fsp3) is 0.333. The molecule has 0 saturated carbocycles. The number of hydrogen-bond donors (Lipinski definition) is 0. The van der Waals surface area contributed by atoms with Crippen molar-refractivity contribution in [3.63, 3.8) is 0 Å². The molecule has 1 aromatic heterocycles. The van der Waals surface area contributed by atoms with Crippen LogP contribution in [0, 0.1) is 17.2 Å². The lowest BCUT2D eigenvalue weighted by Gasteiger charge is -2.28. The molecule has 1 fully saturated rings. The highest BCUT2D eigenvalue weighted by Gasteiger charge is 2.28. The van der Waals surface area contributed by atoms with E-state index in [9.17, 15) is 5.26 Å². The maximum absolute atomic E-state index is 9.25. The molecule has 0 aliphatic carbocycles. The largest absolute Gasteiger partial charge is 0.372 e. The van der Waals surface area contributed by atoms with Gasteiger partial charge in [-0.2, -0.15) is 5.26 Å². The predicted molar refractivity (Wildman–Crippen MR) is 68.8 cm³/mol. The van der Waals surface area contributed by atoms with Crippen LogP contribution in [0.2, 0.25) is 0 Å². The molecule has 18 heavy (non-hydrogen) atoms. The second-order valence-electron chi connectivity index (χ2n) is 4.59. The summed E-state index contributed by atoms with van der Waals surface area (Å²) >= 11 is 0. The van der Waals surface area contributed by atoms with Gasteiger partial charge in [-0.25, -0.2) is 0 Å². The Bertz CT molecular complexity index is 597. The first-order valence-electron chi connectivity index (χ1n) is 6.25. The van der Waals surface area contributed by atoms with E-state index in [1.807, 2.05) is 30.3 Å². The SMILES string of the molecule is N#CC1CCCOC1c1ccnc2ccccc12. The molecule has 1 aliphatic heterocycles. The van der Waals surface area contributed by atoms with Crippen LogP contribution in [0.25, 0.3) is 10.9 Å². The predicted octanol–water partition coefficient (Wildman–Crippen LogP) is 3.23. The van der Waals surface area contributed by atoms with Gasteiger partial charge in [0.05, 0.1) is 23.6 Å². The summed E-state index contributed by atoms with van der Waals surface area (Å²) in [5.41, 5.74) is 2.05. The normalized spacial score (nSPS) is 23.7. The monoisotopic (exact) mass is 238 g/mol. The van der Waals surface area contributed by atoms with E-state index < -0.39 is 0 Å². The number of rotatable bonds is 1. The third-order valence-corrected chi connectivity index (χ3v) is 3.48. The first-order chi connectivity index (χ1) is 8.90. The van der Waals surface area contributed by atoms with E-state index in [2.05, 4.69) is 11.1 Å². The highest BCUT2D eigenvalue weighted by Crippen LogP contribution is 2.36. The van der Waals surface area contributed by atoms with Gasteiger partial charge in [0.15, 0.2) is 0 Å². The van der Waals surface area contributed by atoms with Crippen LogP contribution < -0.4 is 0 Å². The fourth-order valence-corrected chi connectivity index (χ4v) is 2.59. The minimum Gasteiger partial charge on any atom is -0.372 e. The second-order valence-corrected chi connectivity index (χ2v) is 4.59. The molecule has 0 bridgehead atoms. The topological polar surface area (TPSA) is 45.9 Å². The number of nitriles is 1. The molecule has 3 rings (SSSR count). The highest BCUT2D eigenvalue weighted by molar-refractivity contribution is 5.82. The van der Waals surface area contributed by atoms with Gasteiger partial charge in [0, 0.05) is 18.2 Å². The number of nitrogens with zero attached hydrogens (tertiary/aromatic N) is 2. The Balaban J connectivity index is 2.11. The fourth-order valence-electron chi connectivity index (χ4n) is 2.59. The van der Waals surface area contributed by atoms with Crippen molar-refractivity contribution < 1.29 is 4.74 Å². The van der Waals surface area contributed by atoms with E-state index in [1.165, 1.54) is 0 Å². The molecule has 1 saturated heterocycles. The summed E-state index contributed by atoms with van der Waals surface area (Å²) in [7, 11) is 0. The van der Waals surface area contributed by atoms with Crippen molar-refractivity contribution in [2.45, 2.75) is 18.9 Å². The molecule has 1 aromatic carbocycles. The molecular formula is C15H14N2O. The van der Waals surface area contributed by atoms with E-state index in [0.29, 0.717) is 0 Å². The van der Waals surface area contributed by atoms with Gasteiger partial charge in [-0.1, -0.05) is 18.2 Å². The van der Waals surface area contributed by atoms with Crippen LogP contribution in [-0.2, 0) is 4.74 Å². The van der Waals surface area contributed by atoms with Crippen LogP contribution in [-0.4, -0.2) is 11.6 Å². The third kappa shape index (κ3) is 1.85. The minimum absolute atomic E-state index is 0.0513. The van der Waals surface area contributed by atoms with Crippen molar-refractivity contribution >= 4 is 10.9 Å². The molecule has 3 nitrogen and oxygen atoms in total. The number of pyridine rings is 1. The number of para-hydroxylation sites is 1. The standard InChI is InChI=1S/C15H14N2O/c16-10-11-4-3-9-18-15(11)13-7-8-17-14-6-2-1-5-12(13)14/h1-2,5-8,11,15H,3-4,9H2. The van der Waals surface area contributed by atoms with Crippen LogP contribution >= 0.6 is 0 Å². The molecule has 0 N–H and O–H groups in total. The Morgan fingerprint density at radius 1 is 1.28 bits per heavy atom. The molecule has 1 aliphatic rings. The Morgan fingerprint density at radius 2 is 2.17 bits per heavy atom. The average Bonchev–Trinajstić information content (AvgIpc) is 2.46. The summed E-state index contributed by atoms with van der Waals surface area (Å²) in [6, 6.07) is 12.4. The van der Waals surface area contributed by atoms with Crippen LogP contribution in [0.5, 0.6) is 0 Å². The van der Waals surface area contributed by atoms with Crippen LogP contribution in [0.1, 0.15) is 24.5 Å². The van der Waals surface area contributed by atoms with Gasteiger partial charge in [0.2, 0.25) is 0 Å². The first-order valence-corrected chi connectivity index (χ1v) is 6.25. The Hall–Kier alpha value is -1.92. The van der Waals surface area contributed by atoms with E-state index in [1.54, 1.807) is 6.20 Å². The molecule has 2 atom stereocenters. The van der Waals surface area contributed by atoms with Gasteiger partial charge in [-0.05, 0) is 30.5 Å². The zero-order valence-electron chi connectivity index (χ0n) is 10.0. The maximum atomic E-state index is 9.25. The summed E-state index contributed by atoms with van der Waals surface area (Å²) in [4.78, 5) is 4.35. The molecular weight excluding hydrogens is 224 g/mol. The van der Waals surface area contributed by atoms with Crippen molar-refractivity contribution in [1.29, 1.82) is 5.26 Å². The number of ether oxygens (including phenoxy) is 1. The Morgan fingerprint density at radius 3 is 3.06 bits per heavy atom. The third-order valence-electron chi connectivity index (χ3n) is 3.48. The van der Waals surface area contributed by atoms with Gasteiger partial charge >= 0.3 is 0 Å². The van der Waals surface area contributed by atoms with Crippen LogP contribution in [0.4, 0.5) is 0 Å². The van der Waals surface area contributed by atoms with Crippen molar-refractivity contribution in [1.82, 2.24) is 4.98 Å². The van der Waals surface area contributed by atoms with E-state index >= 15 is 0 Å². The molecule has 2 heterocycles. The lowest BCUT2D eigenvalue weighted by Crippen LogP contribution is -2.21. The van der Waals surface area contributed by atoms with Crippen molar-refractivity contribution in [3.8, 4) is 6.07 Å². The molecule has 0 radical (unpaired) electrons. The minimum atomic E-state index is -0.114. The lowest BCUT2D eigenvalue weighted by atomic mass is 9.89. The van der Waals surface area contributed by atoms with Gasteiger partial charge in [-0.15, -0.1) is 0 Å². The zero-order valence-corrected chi connectivity index (χ0v) is 10.0. The summed E-state index contributed by atoms with van der Waals surface area (Å²) in [6.07, 6.45) is 3.57. The summed E-state index contributed by atoms with van der Waals surface area (Å²) < 4.78 is 5.83. The molecule has 0 amide bonds. The number of benzene rings is 1. The summed E-state index contributed by atoms with van der Waals surface area (Å²) in [5, 5.41) is 10.3. The first kappa shape index (κ1) is 11.2. The quantitative estimate of drug-likeness (QED) is 0.766. The van der Waals surface area contributed by atoms with Gasteiger partial charge in [-0.3, -0.25) is 4.98 Å².